The molecular formula is C18H29ClN2O. The van der Waals surface area contributed by atoms with Crippen LogP contribution in [0.3, 0.4) is 0 Å². The molecule has 4 heteroatoms. The lowest BCUT2D eigenvalue weighted by Gasteiger charge is -2.32. The number of nitrogens with zero attached hydrogens (tertiary/aromatic N) is 2. The second kappa shape index (κ2) is 8.76. The number of hydrogen-bond acceptors (Lipinski definition) is 3. The Hall–Kier alpha value is -0.770. The summed E-state index contributed by atoms with van der Waals surface area (Å²) in [7, 11) is 2.20. The van der Waals surface area contributed by atoms with Gasteiger partial charge in [0, 0.05) is 26.2 Å². The summed E-state index contributed by atoms with van der Waals surface area (Å²) in [4.78, 5) is 4.96. The first-order valence-corrected chi connectivity index (χ1v) is 8.80. The Bertz CT molecular complexity index is 470. The fourth-order valence-corrected chi connectivity index (χ4v) is 3.26. The number of halogens is 1. The lowest BCUT2D eigenvalue weighted by Crippen LogP contribution is -2.44. The maximum absolute atomic E-state index is 6.37. The number of benzene rings is 1. The van der Waals surface area contributed by atoms with Gasteiger partial charge in [-0.25, -0.2) is 0 Å². The van der Waals surface area contributed by atoms with Crippen LogP contribution in [0.1, 0.15) is 30.9 Å². The van der Waals surface area contributed by atoms with E-state index in [4.69, 9.17) is 16.3 Å². The molecule has 1 heterocycles. The topological polar surface area (TPSA) is 15.7 Å². The molecule has 0 bridgehead atoms. The van der Waals surface area contributed by atoms with E-state index in [9.17, 15) is 0 Å². The van der Waals surface area contributed by atoms with Crippen molar-refractivity contribution in [3.05, 3.63) is 28.3 Å². The Morgan fingerprint density at radius 2 is 1.91 bits per heavy atom. The van der Waals surface area contributed by atoms with Crippen LogP contribution in [-0.2, 0) is 6.42 Å². The zero-order valence-corrected chi connectivity index (χ0v) is 15.0. The van der Waals surface area contributed by atoms with Crippen LogP contribution in [0, 0.1) is 6.92 Å². The predicted octanol–water partition coefficient (Wildman–Crippen LogP) is 3.62. The lowest BCUT2D eigenvalue weighted by molar-refractivity contribution is 0.153. The van der Waals surface area contributed by atoms with E-state index in [1.165, 1.54) is 37.3 Å². The minimum Gasteiger partial charge on any atom is -0.492 e. The molecule has 1 aromatic rings. The van der Waals surface area contributed by atoms with Gasteiger partial charge in [0.2, 0.25) is 0 Å². The molecule has 22 heavy (non-hydrogen) atoms. The summed E-state index contributed by atoms with van der Waals surface area (Å²) in [6.07, 6.45) is 3.20. The average molecular weight is 325 g/mol. The van der Waals surface area contributed by atoms with Crippen molar-refractivity contribution in [3.8, 4) is 5.75 Å². The second-order valence-corrected chi connectivity index (χ2v) is 6.74. The van der Waals surface area contributed by atoms with Crippen LogP contribution < -0.4 is 4.74 Å². The third kappa shape index (κ3) is 5.15. The van der Waals surface area contributed by atoms with Gasteiger partial charge in [0.15, 0.2) is 0 Å². The van der Waals surface area contributed by atoms with E-state index < -0.39 is 0 Å². The van der Waals surface area contributed by atoms with E-state index in [-0.39, 0.29) is 0 Å². The van der Waals surface area contributed by atoms with Gasteiger partial charge in [0.05, 0.1) is 11.6 Å². The first-order chi connectivity index (χ1) is 10.6. The Balaban J connectivity index is 1.90. The van der Waals surface area contributed by atoms with E-state index >= 15 is 0 Å². The Morgan fingerprint density at radius 1 is 1.18 bits per heavy atom. The Morgan fingerprint density at radius 3 is 2.59 bits per heavy atom. The first kappa shape index (κ1) is 17.6. The molecule has 124 valence electrons. The van der Waals surface area contributed by atoms with E-state index in [0.29, 0.717) is 0 Å². The molecule has 1 aliphatic rings. The molecule has 0 unspecified atom stereocenters. The zero-order chi connectivity index (χ0) is 15.9. The minimum atomic E-state index is 0.730. The zero-order valence-electron chi connectivity index (χ0n) is 14.2. The SMILES string of the molecule is CCCOc1c(Cl)cc(C)cc1CCCN1CCN(C)CC1. The van der Waals surface area contributed by atoms with Gasteiger partial charge in [0.1, 0.15) is 5.75 Å². The molecule has 0 atom stereocenters. The Kier molecular flexibility index (Phi) is 7.00. The van der Waals surface area contributed by atoms with Gasteiger partial charge in [-0.1, -0.05) is 24.6 Å². The molecule has 0 radical (unpaired) electrons. The predicted molar refractivity (Wildman–Crippen MR) is 94.2 cm³/mol. The maximum Gasteiger partial charge on any atom is 0.141 e. The smallest absolute Gasteiger partial charge is 0.141 e. The molecule has 2 rings (SSSR count). The normalized spacial score (nSPS) is 16.9. The van der Waals surface area contributed by atoms with E-state index in [1.54, 1.807) is 0 Å². The van der Waals surface area contributed by atoms with Crippen molar-refractivity contribution in [1.82, 2.24) is 9.80 Å². The summed E-state index contributed by atoms with van der Waals surface area (Å²) in [6.45, 7) is 10.8. The van der Waals surface area contributed by atoms with Crippen LogP contribution in [0.5, 0.6) is 5.75 Å². The van der Waals surface area contributed by atoms with E-state index in [2.05, 4.69) is 36.8 Å². The van der Waals surface area contributed by atoms with E-state index in [0.717, 1.165) is 43.2 Å². The highest BCUT2D eigenvalue weighted by molar-refractivity contribution is 6.32. The van der Waals surface area contributed by atoms with Gasteiger partial charge in [0.25, 0.3) is 0 Å². The fourth-order valence-electron chi connectivity index (χ4n) is 2.92. The minimum absolute atomic E-state index is 0.730. The molecule has 1 saturated heterocycles. The largest absolute Gasteiger partial charge is 0.492 e. The molecule has 0 N–H and O–H groups in total. The van der Waals surface area contributed by atoms with Gasteiger partial charge < -0.3 is 14.5 Å². The average Bonchev–Trinajstić information content (AvgIpc) is 2.48. The number of aryl methyl sites for hydroxylation is 2. The molecular weight excluding hydrogens is 296 g/mol. The summed E-state index contributed by atoms with van der Waals surface area (Å²) >= 11 is 6.37. The summed E-state index contributed by atoms with van der Waals surface area (Å²) in [6, 6.07) is 4.22. The van der Waals surface area contributed by atoms with Crippen molar-refractivity contribution in [2.45, 2.75) is 33.1 Å². The highest BCUT2D eigenvalue weighted by Crippen LogP contribution is 2.31. The third-order valence-electron chi connectivity index (χ3n) is 4.23. The van der Waals surface area contributed by atoms with Crippen LogP contribution in [0.15, 0.2) is 12.1 Å². The van der Waals surface area contributed by atoms with Crippen LogP contribution in [0.4, 0.5) is 0 Å². The van der Waals surface area contributed by atoms with Crippen molar-refractivity contribution in [3.63, 3.8) is 0 Å². The fraction of sp³-hybridized carbons (Fsp3) is 0.667. The van der Waals surface area contributed by atoms with Crippen molar-refractivity contribution < 1.29 is 4.74 Å². The van der Waals surface area contributed by atoms with Crippen LogP contribution in [0.25, 0.3) is 0 Å². The molecule has 0 spiro atoms. The van der Waals surface area contributed by atoms with Gasteiger partial charge >= 0.3 is 0 Å². The highest BCUT2D eigenvalue weighted by atomic mass is 35.5. The van der Waals surface area contributed by atoms with Crippen molar-refractivity contribution in [1.29, 1.82) is 0 Å². The molecule has 1 fully saturated rings. The van der Waals surface area contributed by atoms with Gasteiger partial charge in [-0.2, -0.15) is 0 Å². The molecule has 1 aliphatic heterocycles. The number of hydrogen-bond donors (Lipinski definition) is 0. The summed E-state index contributed by atoms with van der Waals surface area (Å²) in [5.41, 5.74) is 2.47. The summed E-state index contributed by atoms with van der Waals surface area (Å²) < 4.78 is 5.88. The number of piperazine rings is 1. The van der Waals surface area contributed by atoms with Crippen LogP contribution in [0.2, 0.25) is 5.02 Å². The first-order valence-electron chi connectivity index (χ1n) is 8.43. The van der Waals surface area contributed by atoms with Crippen molar-refractivity contribution in [2.75, 3.05) is 46.4 Å². The van der Waals surface area contributed by atoms with Gasteiger partial charge in [-0.3, -0.25) is 0 Å². The Labute approximate surface area is 140 Å². The van der Waals surface area contributed by atoms with Crippen molar-refractivity contribution >= 4 is 11.6 Å². The second-order valence-electron chi connectivity index (χ2n) is 6.33. The molecule has 0 aromatic heterocycles. The standard InChI is InChI=1S/C18H29ClN2O/c1-4-12-22-18-16(13-15(2)14-17(18)19)6-5-7-21-10-8-20(3)9-11-21/h13-14H,4-12H2,1-3H3. The van der Waals surface area contributed by atoms with Crippen LogP contribution >= 0.6 is 11.6 Å². The molecule has 1 aromatic carbocycles. The molecule has 0 aliphatic carbocycles. The molecule has 0 saturated carbocycles. The van der Waals surface area contributed by atoms with Gasteiger partial charge in [-0.15, -0.1) is 0 Å². The quantitative estimate of drug-likeness (QED) is 0.762. The van der Waals surface area contributed by atoms with Gasteiger partial charge in [-0.05, 0) is 57.0 Å². The maximum atomic E-state index is 6.37. The molecule has 3 nitrogen and oxygen atoms in total. The van der Waals surface area contributed by atoms with E-state index in [1.807, 2.05) is 6.07 Å². The number of likely N-dealkylation sites (N-methyl/N-ethyl adjacent to an activating group) is 1. The highest BCUT2D eigenvalue weighted by Gasteiger charge is 2.14. The monoisotopic (exact) mass is 324 g/mol. The van der Waals surface area contributed by atoms with Crippen LogP contribution in [-0.4, -0.2) is 56.2 Å². The number of ether oxygens (including phenoxy) is 1. The summed E-state index contributed by atoms with van der Waals surface area (Å²) in [5, 5.41) is 0.753. The third-order valence-corrected chi connectivity index (χ3v) is 4.51. The number of rotatable bonds is 7. The lowest BCUT2D eigenvalue weighted by atomic mass is 10.1. The molecule has 0 amide bonds. The van der Waals surface area contributed by atoms with Crippen molar-refractivity contribution in [2.24, 2.45) is 0 Å². The summed E-state index contributed by atoms with van der Waals surface area (Å²) in [5.74, 6) is 0.896.